The molecule has 0 aromatic rings. The van der Waals surface area contributed by atoms with Crippen molar-refractivity contribution in [2.75, 3.05) is 19.6 Å². The summed E-state index contributed by atoms with van der Waals surface area (Å²) < 4.78 is 0. The highest BCUT2D eigenvalue weighted by atomic mass is 35.5. The molecular formula is C13H28ClN3O2. The number of nitrogens with one attached hydrogen (secondary N) is 3. The van der Waals surface area contributed by atoms with Gasteiger partial charge < -0.3 is 16.0 Å². The van der Waals surface area contributed by atoms with Crippen molar-refractivity contribution >= 4 is 24.2 Å². The summed E-state index contributed by atoms with van der Waals surface area (Å²) in [5.74, 6) is -0.0646. The zero-order valence-electron chi connectivity index (χ0n) is 12.6. The topological polar surface area (TPSA) is 70.2 Å². The van der Waals surface area contributed by atoms with E-state index in [9.17, 15) is 9.59 Å². The van der Waals surface area contributed by atoms with Crippen molar-refractivity contribution in [1.29, 1.82) is 0 Å². The molecule has 0 heterocycles. The Labute approximate surface area is 122 Å². The number of likely N-dealkylation sites (N-methyl/N-ethyl adjacent to an activating group) is 1. The Kier molecular flexibility index (Phi) is 10.8. The van der Waals surface area contributed by atoms with Crippen LogP contribution in [0, 0.1) is 5.41 Å². The van der Waals surface area contributed by atoms with Crippen LogP contribution in [0.1, 0.15) is 41.0 Å². The molecule has 1 atom stereocenters. The molecule has 0 aromatic carbocycles. The maximum Gasteiger partial charge on any atom is 0.225 e. The summed E-state index contributed by atoms with van der Waals surface area (Å²) >= 11 is 0. The molecule has 0 saturated heterocycles. The molecular weight excluding hydrogens is 266 g/mol. The largest absolute Gasteiger partial charge is 0.355 e. The van der Waals surface area contributed by atoms with Gasteiger partial charge in [-0.25, -0.2) is 0 Å². The van der Waals surface area contributed by atoms with Crippen molar-refractivity contribution in [3.05, 3.63) is 0 Å². The molecule has 0 saturated carbocycles. The van der Waals surface area contributed by atoms with E-state index in [0.29, 0.717) is 19.5 Å². The smallest absolute Gasteiger partial charge is 0.225 e. The van der Waals surface area contributed by atoms with Crippen LogP contribution in [0.3, 0.4) is 0 Å². The molecule has 19 heavy (non-hydrogen) atoms. The Balaban J connectivity index is 0. The molecule has 0 aliphatic rings. The van der Waals surface area contributed by atoms with Gasteiger partial charge in [0.05, 0.1) is 0 Å². The predicted molar refractivity (Wildman–Crippen MR) is 80.5 cm³/mol. The SMILES string of the molecule is CCN[C@H](C)CNC(=O)CCNC(=O)C(C)(C)C.Cl. The van der Waals surface area contributed by atoms with Gasteiger partial charge in [0.2, 0.25) is 11.8 Å². The highest BCUT2D eigenvalue weighted by Crippen LogP contribution is 2.11. The molecule has 0 bridgehead atoms. The van der Waals surface area contributed by atoms with Crippen LogP contribution < -0.4 is 16.0 Å². The Morgan fingerprint density at radius 3 is 2.21 bits per heavy atom. The molecule has 6 heteroatoms. The first kappa shape index (κ1) is 20.5. The summed E-state index contributed by atoms with van der Waals surface area (Å²) in [6.45, 7) is 11.5. The first-order chi connectivity index (χ1) is 8.27. The lowest BCUT2D eigenvalue weighted by Gasteiger charge is -2.17. The van der Waals surface area contributed by atoms with E-state index in [-0.39, 0.29) is 30.3 Å². The molecule has 0 aliphatic heterocycles. The van der Waals surface area contributed by atoms with Crippen molar-refractivity contribution < 1.29 is 9.59 Å². The fourth-order valence-corrected chi connectivity index (χ4v) is 1.33. The van der Waals surface area contributed by atoms with Crippen LogP contribution in [-0.4, -0.2) is 37.5 Å². The number of amides is 2. The summed E-state index contributed by atoms with van der Waals surface area (Å²) in [6, 6.07) is 0.267. The third kappa shape index (κ3) is 10.8. The third-order valence-corrected chi connectivity index (χ3v) is 2.48. The molecule has 0 radical (unpaired) electrons. The van der Waals surface area contributed by atoms with Crippen LogP contribution in [0.4, 0.5) is 0 Å². The van der Waals surface area contributed by atoms with Crippen molar-refractivity contribution in [2.45, 2.75) is 47.1 Å². The lowest BCUT2D eigenvalue weighted by atomic mass is 9.96. The first-order valence-corrected chi connectivity index (χ1v) is 6.55. The number of hydrogen-bond acceptors (Lipinski definition) is 3. The zero-order chi connectivity index (χ0) is 14.2. The highest BCUT2D eigenvalue weighted by molar-refractivity contribution is 5.85. The van der Waals surface area contributed by atoms with Gasteiger partial charge in [-0.2, -0.15) is 0 Å². The molecule has 0 aliphatic carbocycles. The molecule has 0 unspecified atom stereocenters. The monoisotopic (exact) mass is 293 g/mol. The predicted octanol–water partition coefficient (Wildman–Crippen LogP) is 1.07. The van der Waals surface area contributed by atoms with Crippen LogP contribution in [0.25, 0.3) is 0 Å². The van der Waals surface area contributed by atoms with E-state index in [1.807, 2.05) is 34.6 Å². The number of hydrogen-bond donors (Lipinski definition) is 3. The minimum atomic E-state index is -0.407. The van der Waals surface area contributed by atoms with Gasteiger partial charge in [-0.15, -0.1) is 12.4 Å². The van der Waals surface area contributed by atoms with Gasteiger partial charge in [0.15, 0.2) is 0 Å². The fourth-order valence-electron chi connectivity index (χ4n) is 1.33. The average molecular weight is 294 g/mol. The molecule has 114 valence electrons. The van der Waals surface area contributed by atoms with Crippen molar-refractivity contribution in [1.82, 2.24) is 16.0 Å². The lowest BCUT2D eigenvalue weighted by molar-refractivity contribution is -0.128. The Morgan fingerprint density at radius 2 is 1.74 bits per heavy atom. The number of carbonyl (C=O) groups is 2. The van der Waals surface area contributed by atoms with Gasteiger partial charge >= 0.3 is 0 Å². The average Bonchev–Trinajstić information content (AvgIpc) is 2.25. The fraction of sp³-hybridized carbons (Fsp3) is 0.846. The summed E-state index contributed by atoms with van der Waals surface area (Å²) in [5.41, 5.74) is -0.407. The highest BCUT2D eigenvalue weighted by Gasteiger charge is 2.20. The third-order valence-electron chi connectivity index (χ3n) is 2.48. The molecule has 0 fully saturated rings. The van der Waals surface area contributed by atoms with E-state index in [0.717, 1.165) is 6.54 Å². The second kappa shape index (κ2) is 10.0. The number of halogens is 1. The maximum atomic E-state index is 11.5. The van der Waals surface area contributed by atoms with Gasteiger partial charge in [-0.3, -0.25) is 9.59 Å². The summed E-state index contributed by atoms with van der Waals surface area (Å²) in [4.78, 5) is 23.0. The van der Waals surface area contributed by atoms with Crippen molar-refractivity contribution in [3.8, 4) is 0 Å². The van der Waals surface area contributed by atoms with Crippen molar-refractivity contribution in [2.24, 2.45) is 5.41 Å². The first-order valence-electron chi connectivity index (χ1n) is 6.55. The van der Waals surface area contributed by atoms with Crippen LogP contribution in [0.15, 0.2) is 0 Å². The van der Waals surface area contributed by atoms with E-state index >= 15 is 0 Å². The number of carbonyl (C=O) groups excluding carboxylic acids is 2. The van der Waals surface area contributed by atoms with Crippen molar-refractivity contribution in [3.63, 3.8) is 0 Å². The molecule has 2 amide bonds. The quantitative estimate of drug-likeness (QED) is 0.658. The van der Waals surface area contributed by atoms with Gasteiger partial charge in [-0.05, 0) is 13.5 Å². The molecule has 0 aromatic heterocycles. The van der Waals surface area contributed by atoms with Gasteiger partial charge in [0.1, 0.15) is 0 Å². The second-order valence-electron chi connectivity index (χ2n) is 5.52. The minimum Gasteiger partial charge on any atom is -0.355 e. The van der Waals surface area contributed by atoms with Gasteiger partial charge in [-0.1, -0.05) is 27.7 Å². The normalized spacial score (nSPS) is 12.3. The Morgan fingerprint density at radius 1 is 1.16 bits per heavy atom. The van der Waals surface area contributed by atoms with Crippen LogP contribution in [-0.2, 0) is 9.59 Å². The van der Waals surface area contributed by atoms with Crippen LogP contribution >= 0.6 is 12.4 Å². The van der Waals surface area contributed by atoms with Gasteiger partial charge in [0, 0.05) is 31.0 Å². The van der Waals surface area contributed by atoms with Crippen LogP contribution in [0.5, 0.6) is 0 Å². The molecule has 3 N–H and O–H groups in total. The minimum absolute atomic E-state index is 0. The van der Waals surface area contributed by atoms with Crippen LogP contribution in [0.2, 0.25) is 0 Å². The molecule has 0 spiro atoms. The summed E-state index contributed by atoms with van der Waals surface area (Å²) in [5, 5.41) is 8.79. The van der Waals surface area contributed by atoms with E-state index < -0.39 is 5.41 Å². The zero-order valence-corrected chi connectivity index (χ0v) is 13.4. The second-order valence-corrected chi connectivity index (χ2v) is 5.52. The van der Waals surface area contributed by atoms with E-state index in [1.54, 1.807) is 0 Å². The molecule has 5 nitrogen and oxygen atoms in total. The summed E-state index contributed by atoms with van der Waals surface area (Å²) in [7, 11) is 0. The Hall–Kier alpha value is -0.810. The number of rotatable bonds is 7. The van der Waals surface area contributed by atoms with Gasteiger partial charge in [0.25, 0.3) is 0 Å². The lowest BCUT2D eigenvalue weighted by Crippen LogP contribution is -2.41. The van der Waals surface area contributed by atoms with E-state index in [4.69, 9.17) is 0 Å². The summed E-state index contributed by atoms with van der Waals surface area (Å²) in [6.07, 6.45) is 0.320. The standard InChI is InChI=1S/C13H27N3O2.ClH/c1-6-14-10(2)9-16-11(17)7-8-15-12(18)13(3,4)5;/h10,14H,6-9H2,1-5H3,(H,15,18)(H,16,17);1H/t10-;/m1./s1. The Bertz CT molecular complexity index is 278. The molecule has 0 rings (SSSR count). The van der Waals surface area contributed by atoms with E-state index in [1.165, 1.54) is 0 Å². The van der Waals surface area contributed by atoms with E-state index in [2.05, 4.69) is 16.0 Å². The maximum absolute atomic E-state index is 11.5.